The molecule has 0 aromatic carbocycles. The second-order valence-electron chi connectivity index (χ2n) is 2.99. The van der Waals surface area contributed by atoms with Crippen LogP contribution in [-0.2, 0) is 23.8 Å². The van der Waals surface area contributed by atoms with Crippen LogP contribution in [0.2, 0.25) is 0 Å². The zero-order valence-corrected chi connectivity index (χ0v) is 8.92. The molecule has 0 heterocycles. The minimum Gasteiger partial charge on any atom is -0.467 e. The van der Waals surface area contributed by atoms with Crippen molar-refractivity contribution in [3.05, 3.63) is 0 Å². The molecule has 0 fully saturated rings. The van der Waals surface area contributed by atoms with Gasteiger partial charge in [0.05, 0.1) is 13.4 Å². The van der Waals surface area contributed by atoms with E-state index in [1.54, 1.807) is 13.8 Å². The molecule has 0 aromatic rings. The molecule has 0 N–H and O–H groups in total. The van der Waals surface area contributed by atoms with Crippen LogP contribution in [0.5, 0.6) is 0 Å². The predicted molar refractivity (Wildman–Crippen MR) is 46.6 cm³/mol. The molecule has 0 radical (unpaired) electrons. The molecule has 0 bridgehead atoms. The maximum Gasteiger partial charge on any atom is 0.336 e. The predicted octanol–water partition coefficient (Wildman–Crippen LogP) is 0.160. The van der Waals surface area contributed by atoms with Crippen LogP contribution in [0.4, 0.5) is 0 Å². The Balaban J connectivity index is 4.55. The lowest BCUT2D eigenvalue weighted by atomic mass is 10.1. The molecule has 13 heavy (non-hydrogen) atoms. The largest absolute Gasteiger partial charge is 0.467 e. The Hall–Kier alpha value is -0.620. The van der Waals surface area contributed by atoms with Crippen LogP contribution in [0.1, 0.15) is 13.8 Å². The number of rotatable bonds is 4. The monoisotopic (exact) mass is 210 g/mol. The summed E-state index contributed by atoms with van der Waals surface area (Å²) in [5.41, 5.74) is 0. The number of carbonyl (C=O) groups is 1. The molecule has 0 aliphatic rings. The number of methoxy groups -OCH3 is 1. The van der Waals surface area contributed by atoms with Gasteiger partial charge in [0, 0.05) is 0 Å². The molecule has 0 saturated carbocycles. The first-order chi connectivity index (χ1) is 5.78. The highest BCUT2D eigenvalue weighted by atomic mass is 32.2. The molecule has 1 atom stereocenters. The Labute approximate surface area is 78.2 Å². The second-order valence-corrected chi connectivity index (χ2v) is 4.59. The first kappa shape index (κ1) is 12.4. The van der Waals surface area contributed by atoms with Gasteiger partial charge in [-0.05, 0) is 5.92 Å². The van der Waals surface area contributed by atoms with E-state index in [0.717, 1.165) is 6.26 Å². The maximum absolute atomic E-state index is 11.0. The number of hydrogen-bond donors (Lipinski definition) is 0. The van der Waals surface area contributed by atoms with E-state index in [9.17, 15) is 13.2 Å². The molecule has 0 aliphatic heterocycles. The van der Waals surface area contributed by atoms with Crippen LogP contribution in [-0.4, -0.2) is 33.9 Å². The van der Waals surface area contributed by atoms with Gasteiger partial charge in [-0.25, -0.2) is 4.79 Å². The van der Waals surface area contributed by atoms with Crippen molar-refractivity contribution in [3.63, 3.8) is 0 Å². The summed E-state index contributed by atoms with van der Waals surface area (Å²) in [4.78, 5) is 11.0. The highest BCUT2D eigenvalue weighted by Gasteiger charge is 2.27. The number of ether oxygens (including phenoxy) is 1. The fourth-order valence-corrected chi connectivity index (χ4v) is 1.40. The average Bonchev–Trinajstić information content (AvgIpc) is 1.96. The third-order valence-corrected chi connectivity index (χ3v) is 1.87. The van der Waals surface area contributed by atoms with Gasteiger partial charge in [-0.15, -0.1) is 0 Å². The fraction of sp³-hybridized carbons (Fsp3) is 0.857. The minimum absolute atomic E-state index is 0.248. The Bertz CT molecular complexity index is 267. The van der Waals surface area contributed by atoms with Crippen LogP contribution < -0.4 is 0 Å². The summed E-state index contributed by atoms with van der Waals surface area (Å²) in [5.74, 6) is -0.928. The van der Waals surface area contributed by atoms with Crippen molar-refractivity contribution in [1.82, 2.24) is 0 Å². The first-order valence-corrected chi connectivity index (χ1v) is 5.55. The smallest absolute Gasteiger partial charge is 0.336 e. The molecular weight excluding hydrogens is 196 g/mol. The molecule has 0 unspecified atom stereocenters. The molecule has 0 aromatic heterocycles. The van der Waals surface area contributed by atoms with E-state index in [2.05, 4.69) is 8.92 Å². The molecule has 0 spiro atoms. The standard InChI is InChI=1S/C7H14O5S/c1-5(2)6(7(8)11-3)12-13(4,9)10/h5-6H,1-4H3/t6-/m0/s1. The van der Waals surface area contributed by atoms with E-state index in [0.29, 0.717) is 0 Å². The number of esters is 1. The van der Waals surface area contributed by atoms with Crippen molar-refractivity contribution >= 4 is 16.1 Å². The zero-order valence-electron chi connectivity index (χ0n) is 8.10. The highest BCUT2D eigenvalue weighted by Crippen LogP contribution is 2.10. The quantitative estimate of drug-likeness (QED) is 0.488. The van der Waals surface area contributed by atoms with Crippen molar-refractivity contribution < 1.29 is 22.1 Å². The summed E-state index contributed by atoms with van der Waals surface area (Å²) in [6.07, 6.45) is -0.161. The number of carbonyl (C=O) groups excluding carboxylic acids is 1. The number of hydrogen-bond acceptors (Lipinski definition) is 5. The lowest BCUT2D eigenvalue weighted by Crippen LogP contribution is -2.32. The summed E-state index contributed by atoms with van der Waals surface area (Å²) in [6.45, 7) is 3.35. The van der Waals surface area contributed by atoms with Crippen LogP contribution in [0, 0.1) is 5.92 Å². The van der Waals surface area contributed by atoms with Crippen molar-refractivity contribution in [3.8, 4) is 0 Å². The van der Waals surface area contributed by atoms with E-state index < -0.39 is 22.2 Å². The zero-order chi connectivity index (χ0) is 10.6. The van der Waals surface area contributed by atoms with Gasteiger partial charge in [-0.2, -0.15) is 8.42 Å². The minimum atomic E-state index is -3.62. The van der Waals surface area contributed by atoms with Gasteiger partial charge in [-0.1, -0.05) is 13.8 Å². The Morgan fingerprint density at radius 3 is 2.00 bits per heavy atom. The lowest BCUT2D eigenvalue weighted by Gasteiger charge is -2.16. The molecule has 0 rings (SSSR count). The molecular formula is C7H14O5S. The van der Waals surface area contributed by atoms with Crippen LogP contribution >= 0.6 is 0 Å². The summed E-state index contributed by atoms with van der Waals surface area (Å²) in [6, 6.07) is 0. The third kappa shape index (κ3) is 4.84. The maximum atomic E-state index is 11.0. The van der Waals surface area contributed by atoms with Gasteiger partial charge in [0.15, 0.2) is 6.10 Å². The normalized spacial score (nSPS) is 14.2. The van der Waals surface area contributed by atoms with Gasteiger partial charge in [0.2, 0.25) is 0 Å². The summed E-state index contributed by atoms with van der Waals surface area (Å²) < 4.78 is 30.4. The highest BCUT2D eigenvalue weighted by molar-refractivity contribution is 7.86. The van der Waals surface area contributed by atoms with Crippen LogP contribution in [0.15, 0.2) is 0 Å². The molecule has 0 amide bonds. The van der Waals surface area contributed by atoms with Gasteiger partial charge in [-0.3, -0.25) is 4.18 Å². The van der Waals surface area contributed by atoms with Gasteiger partial charge in [0.1, 0.15) is 0 Å². The van der Waals surface area contributed by atoms with E-state index in [4.69, 9.17) is 0 Å². The van der Waals surface area contributed by atoms with Gasteiger partial charge < -0.3 is 4.74 Å². The Morgan fingerprint density at radius 1 is 1.31 bits per heavy atom. The van der Waals surface area contributed by atoms with E-state index in [1.165, 1.54) is 7.11 Å². The SMILES string of the molecule is COC(=O)[C@@H](OS(C)(=O)=O)C(C)C. The van der Waals surface area contributed by atoms with E-state index >= 15 is 0 Å². The van der Waals surface area contributed by atoms with Gasteiger partial charge >= 0.3 is 5.97 Å². The van der Waals surface area contributed by atoms with Crippen LogP contribution in [0.25, 0.3) is 0 Å². The van der Waals surface area contributed by atoms with E-state index in [1.807, 2.05) is 0 Å². The van der Waals surface area contributed by atoms with Crippen molar-refractivity contribution in [2.45, 2.75) is 20.0 Å². The summed E-state index contributed by atoms with van der Waals surface area (Å²) in [5, 5.41) is 0. The molecule has 6 heteroatoms. The van der Waals surface area contributed by atoms with E-state index in [-0.39, 0.29) is 5.92 Å². The van der Waals surface area contributed by atoms with Crippen molar-refractivity contribution in [2.75, 3.05) is 13.4 Å². The first-order valence-electron chi connectivity index (χ1n) is 3.74. The van der Waals surface area contributed by atoms with Gasteiger partial charge in [0.25, 0.3) is 10.1 Å². The van der Waals surface area contributed by atoms with Crippen molar-refractivity contribution in [1.29, 1.82) is 0 Å². The average molecular weight is 210 g/mol. The summed E-state index contributed by atoms with van der Waals surface area (Å²) >= 11 is 0. The Kier molecular flexibility index (Phi) is 4.35. The fourth-order valence-electron chi connectivity index (χ4n) is 0.727. The molecule has 0 saturated heterocycles. The summed E-state index contributed by atoms with van der Waals surface area (Å²) in [7, 11) is -2.44. The Morgan fingerprint density at radius 2 is 1.77 bits per heavy atom. The van der Waals surface area contributed by atoms with Crippen LogP contribution in [0.3, 0.4) is 0 Å². The molecule has 5 nitrogen and oxygen atoms in total. The molecule has 0 aliphatic carbocycles. The second kappa shape index (κ2) is 4.57. The topological polar surface area (TPSA) is 69.7 Å². The molecule has 78 valence electrons. The third-order valence-electron chi connectivity index (χ3n) is 1.32. The lowest BCUT2D eigenvalue weighted by molar-refractivity contribution is -0.150. The van der Waals surface area contributed by atoms with Crippen molar-refractivity contribution in [2.24, 2.45) is 5.92 Å².